The summed E-state index contributed by atoms with van der Waals surface area (Å²) in [6.07, 6.45) is 20.6. The normalized spacial score (nSPS) is 12.3. The van der Waals surface area contributed by atoms with E-state index in [1.165, 1.54) is 77.6 Å². The molecule has 0 saturated carbocycles. The van der Waals surface area contributed by atoms with Crippen LogP contribution in [-0.2, 0) is 33.4 Å². The Labute approximate surface area is 274 Å². The molecule has 0 aliphatic heterocycles. The van der Waals surface area contributed by atoms with Crippen LogP contribution in [0.1, 0.15) is 176 Å². The molecule has 9 heteroatoms. The average molecular weight is 645 g/mol. The number of carbonyl (C=O) groups excluding carboxylic acids is 3. The third-order valence-corrected chi connectivity index (χ3v) is 7.43. The van der Waals surface area contributed by atoms with Crippen molar-refractivity contribution in [3.05, 3.63) is 0 Å². The summed E-state index contributed by atoms with van der Waals surface area (Å²) in [7, 11) is 0. The maximum atomic E-state index is 11.5. The second-order valence-corrected chi connectivity index (χ2v) is 12.8. The molecule has 266 valence electrons. The summed E-state index contributed by atoms with van der Waals surface area (Å²) < 4.78 is 15.2. The number of carboxylic acids is 1. The number of unbranched alkanes of at least 4 members (excludes halogenated alkanes) is 12. The largest absolute Gasteiger partial charge is 0.479 e. The van der Waals surface area contributed by atoms with Gasteiger partial charge in [-0.05, 0) is 44.9 Å². The molecule has 0 aromatic rings. The van der Waals surface area contributed by atoms with Crippen molar-refractivity contribution in [2.45, 2.75) is 188 Å². The minimum atomic E-state index is -1.55. The zero-order chi connectivity index (χ0) is 34.3. The molecule has 0 heterocycles. The number of hydrogen-bond acceptors (Lipinski definition) is 8. The number of carbonyl (C=O) groups is 4. The summed E-state index contributed by atoms with van der Waals surface area (Å²) in [6.45, 7) is 11.4. The summed E-state index contributed by atoms with van der Waals surface area (Å²) in [5, 5.41) is 18.4. The van der Waals surface area contributed by atoms with Crippen LogP contribution >= 0.6 is 0 Å². The first-order valence-electron chi connectivity index (χ1n) is 17.9. The molecule has 0 saturated heterocycles. The predicted molar refractivity (Wildman–Crippen MR) is 179 cm³/mol. The molecule has 9 nitrogen and oxygen atoms in total. The number of carboxylic acid groups (broad SMARTS) is 1. The van der Waals surface area contributed by atoms with Gasteiger partial charge >= 0.3 is 23.9 Å². The number of aliphatic hydroxyl groups is 1. The van der Waals surface area contributed by atoms with E-state index in [9.17, 15) is 24.3 Å². The van der Waals surface area contributed by atoms with Gasteiger partial charge in [0.15, 0.2) is 11.7 Å². The Hall–Kier alpha value is -2.16. The maximum Gasteiger partial charge on any atom is 0.335 e. The van der Waals surface area contributed by atoms with Crippen molar-refractivity contribution in [1.82, 2.24) is 0 Å². The highest BCUT2D eigenvalue weighted by atomic mass is 16.6. The topological polar surface area (TPSA) is 136 Å². The molecule has 0 bridgehead atoms. The molecule has 1 atom stereocenters. The van der Waals surface area contributed by atoms with Crippen LogP contribution in [-0.4, -0.2) is 59.0 Å². The van der Waals surface area contributed by atoms with Crippen molar-refractivity contribution in [3.8, 4) is 0 Å². The Morgan fingerprint density at radius 2 is 0.956 bits per heavy atom. The van der Waals surface area contributed by atoms with Gasteiger partial charge in [0, 0.05) is 19.3 Å². The standard InChI is InChI=1S/C21H42O3.C15H26O6/c1-19(2)17-15-13-11-9-7-5-4-6-8-10-12-14-16-18-21(3,24)20(22)23;1-4-7-13(16)19-10-12(21-15(18)9-6-3)11-20-14(17)8-5-2/h19,24H,4-18H2,1-3H3,(H,22,23);12H,4-11H2,1-3H3. The number of hydrogen-bond donors (Lipinski definition) is 2. The van der Waals surface area contributed by atoms with Gasteiger partial charge in [0.2, 0.25) is 0 Å². The van der Waals surface area contributed by atoms with Crippen LogP contribution in [0.4, 0.5) is 0 Å². The van der Waals surface area contributed by atoms with Crippen molar-refractivity contribution in [2.75, 3.05) is 13.2 Å². The lowest BCUT2D eigenvalue weighted by Gasteiger charge is -2.18. The van der Waals surface area contributed by atoms with Crippen molar-refractivity contribution in [2.24, 2.45) is 5.92 Å². The molecule has 2 N–H and O–H groups in total. The third-order valence-electron chi connectivity index (χ3n) is 7.43. The minimum absolute atomic E-state index is 0.0896. The molecule has 0 aliphatic carbocycles. The highest BCUT2D eigenvalue weighted by molar-refractivity contribution is 5.76. The Morgan fingerprint density at radius 1 is 0.600 bits per heavy atom. The smallest absolute Gasteiger partial charge is 0.335 e. The lowest BCUT2D eigenvalue weighted by atomic mass is 9.97. The molecular weight excluding hydrogens is 576 g/mol. The van der Waals surface area contributed by atoms with E-state index in [4.69, 9.17) is 19.3 Å². The van der Waals surface area contributed by atoms with Gasteiger partial charge in [-0.15, -0.1) is 0 Å². The highest BCUT2D eigenvalue weighted by Gasteiger charge is 2.28. The molecule has 1 unspecified atom stereocenters. The van der Waals surface area contributed by atoms with E-state index >= 15 is 0 Å². The minimum Gasteiger partial charge on any atom is -0.479 e. The molecule has 0 aliphatic rings. The first kappa shape index (κ1) is 45.0. The van der Waals surface area contributed by atoms with E-state index in [1.807, 2.05) is 20.8 Å². The van der Waals surface area contributed by atoms with E-state index in [1.54, 1.807) is 0 Å². The Kier molecular flexibility index (Phi) is 30.5. The molecule has 0 rings (SSSR count). The summed E-state index contributed by atoms with van der Waals surface area (Å²) in [5.74, 6) is -1.35. The van der Waals surface area contributed by atoms with Crippen LogP contribution in [0.15, 0.2) is 0 Å². The van der Waals surface area contributed by atoms with Crippen molar-refractivity contribution >= 4 is 23.9 Å². The molecule has 0 radical (unpaired) electrons. The Morgan fingerprint density at radius 3 is 1.31 bits per heavy atom. The molecule has 0 spiro atoms. The van der Waals surface area contributed by atoms with Crippen LogP contribution in [0.2, 0.25) is 0 Å². The predicted octanol–water partition coefficient (Wildman–Crippen LogP) is 8.71. The maximum absolute atomic E-state index is 11.5. The molecule has 0 fully saturated rings. The fourth-order valence-corrected chi connectivity index (χ4v) is 4.56. The summed E-state index contributed by atoms with van der Waals surface area (Å²) in [5.41, 5.74) is -1.55. The third kappa shape index (κ3) is 31.6. The molecule has 0 aromatic carbocycles. The molecule has 0 amide bonds. The van der Waals surface area contributed by atoms with Crippen LogP contribution in [0.3, 0.4) is 0 Å². The molecular formula is C36H68O9. The van der Waals surface area contributed by atoms with Crippen LogP contribution < -0.4 is 0 Å². The second-order valence-electron chi connectivity index (χ2n) is 12.8. The van der Waals surface area contributed by atoms with Gasteiger partial charge in [-0.1, -0.05) is 118 Å². The average Bonchev–Trinajstić information content (AvgIpc) is 2.97. The van der Waals surface area contributed by atoms with Gasteiger partial charge < -0.3 is 24.4 Å². The highest BCUT2D eigenvalue weighted by Crippen LogP contribution is 2.17. The van der Waals surface area contributed by atoms with Crippen LogP contribution in [0.25, 0.3) is 0 Å². The number of rotatable bonds is 28. The SMILES string of the molecule is CC(C)CCCCCCCCCCCCCCCC(C)(O)C(=O)O.CCCC(=O)OCC(COC(=O)CCC)OC(=O)CCC. The van der Waals surface area contributed by atoms with E-state index in [0.29, 0.717) is 38.5 Å². The van der Waals surface area contributed by atoms with Crippen molar-refractivity contribution in [3.63, 3.8) is 0 Å². The van der Waals surface area contributed by atoms with E-state index < -0.39 is 17.7 Å². The lowest BCUT2D eigenvalue weighted by Crippen LogP contribution is -2.34. The number of ether oxygens (including phenoxy) is 3. The van der Waals surface area contributed by atoms with Gasteiger partial charge in [0.25, 0.3) is 0 Å². The fourth-order valence-electron chi connectivity index (χ4n) is 4.56. The monoisotopic (exact) mass is 644 g/mol. The van der Waals surface area contributed by atoms with Crippen molar-refractivity contribution < 1.29 is 43.6 Å². The first-order valence-corrected chi connectivity index (χ1v) is 17.9. The van der Waals surface area contributed by atoms with Crippen LogP contribution in [0.5, 0.6) is 0 Å². The molecule has 45 heavy (non-hydrogen) atoms. The number of esters is 3. The lowest BCUT2D eigenvalue weighted by molar-refractivity contribution is -0.166. The Bertz CT molecular complexity index is 727. The molecule has 0 aromatic heterocycles. The van der Waals surface area contributed by atoms with Gasteiger partial charge in [-0.3, -0.25) is 14.4 Å². The van der Waals surface area contributed by atoms with E-state index in [2.05, 4.69) is 13.8 Å². The van der Waals surface area contributed by atoms with E-state index in [0.717, 1.165) is 25.2 Å². The number of aliphatic carboxylic acids is 1. The summed E-state index contributed by atoms with van der Waals surface area (Å²) in [6, 6.07) is 0. The van der Waals surface area contributed by atoms with Crippen LogP contribution in [0, 0.1) is 5.92 Å². The second kappa shape index (κ2) is 30.5. The zero-order valence-electron chi connectivity index (χ0n) is 29.7. The Balaban J connectivity index is 0. The summed E-state index contributed by atoms with van der Waals surface area (Å²) in [4.78, 5) is 44.9. The van der Waals surface area contributed by atoms with Gasteiger partial charge in [-0.25, -0.2) is 4.79 Å². The summed E-state index contributed by atoms with van der Waals surface area (Å²) >= 11 is 0. The first-order chi connectivity index (χ1) is 21.4. The van der Waals surface area contributed by atoms with Crippen molar-refractivity contribution in [1.29, 1.82) is 0 Å². The fraction of sp³-hybridized carbons (Fsp3) is 0.889. The zero-order valence-corrected chi connectivity index (χ0v) is 29.7. The van der Waals surface area contributed by atoms with Gasteiger partial charge in [0.05, 0.1) is 0 Å². The van der Waals surface area contributed by atoms with Gasteiger partial charge in [0.1, 0.15) is 13.2 Å². The van der Waals surface area contributed by atoms with E-state index in [-0.39, 0.29) is 37.5 Å². The quantitative estimate of drug-likeness (QED) is 0.0487. The van der Waals surface area contributed by atoms with Gasteiger partial charge in [-0.2, -0.15) is 0 Å².